The molecule has 0 aliphatic carbocycles. The fraction of sp³-hybridized carbons (Fsp3) is 0.0357. The van der Waals surface area contributed by atoms with Gasteiger partial charge in [0, 0.05) is 50.5 Å². The molecule has 1 aromatic heterocycles. The first kappa shape index (κ1) is 35.8. The zero-order valence-electron chi connectivity index (χ0n) is 33.1. The second-order valence-electron chi connectivity index (χ2n) is 15.1. The van der Waals surface area contributed by atoms with Crippen LogP contribution in [-0.4, -0.2) is 0 Å². The number of nitrogens with zero attached hydrogens (tertiary/aromatic N) is 2. The summed E-state index contributed by atoms with van der Waals surface area (Å²) in [6.45, 7) is 4.34. The third kappa shape index (κ3) is 6.83. The van der Waals surface area contributed by atoms with Crippen LogP contribution in [0, 0.1) is 13.8 Å². The maximum Gasteiger partial charge on any atom is 0.143 e. The van der Waals surface area contributed by atoms with Crippen LogP contribution in [0.5, 0.6) is 0 Å². The molecule has 0 N–H and O–H groups in total. The Bertz CT molecular complexity index is 2910. The highest BCUT2D eigenvalue weighted by Gasteiger charge is 2.18. The largest absolute Gasteiger partial charge is 0.455 e. The average molecular weight is 759 g/mol. The maximum atomic E-state index is 6.59. The summed E-state index contributed by atoms with van der Waals surface area (Å²) in [7, 11) is 0. The van der Waals surface area contributed by atoms with Crippen molar-refractivity contribution in [3.8, 4) is 33.4 Å². The van der Waals surface area contributed by atoms with E-state index in [9.17, 15) is 0 Å². The SMILES string of the molecule is Cc1ccccc1N(c1ccccc1)c1ccc(-c2cc(-c3ccc(N(c4ccccc4)c4ccccc4C)cc3)cc(-c3cccc4c3oc3ccccc34)c2)cc1. The van der Waals surface area contributed by atoms with E-state index in [2.05, 4.69) is 236 Å². The predicted molar refractivity (Wildman–Crippen MR) is 249 cm³/mol. The molecule has 0 aliphatic rings. The average Bonchev–Trinajstić information content (AvgIpc) is 3.68. The first-order valence-corrected chi connectivity index (χ1v) is 20.2. The highest BCUT2D eigenvalue weighted by molar-refractivity contribution is 6.10. The van der Waals surface area contributed by atoms with Crippen LogP contribution in [0.15, 0.2) is 223 Å². The Morgan fingerprint density at radius 1 is 0.322 bits per heavy atom. The normalized spacial score (nSPS) is 11.2. The third-order valence-electron chi connectivity index (χ3n) is 11.3. The molecular weight excluding hydrogens is 717 g/mol. The molecule has 3 heteroatoms. The smallest absolute Gasteiger partial charge is 0.143 e. The molecule has 59 heavy (non-hydrogen) atoms. The molecule has 0 atom stereocenters. The van der Waals surface area contributed by atoms with Gasteiger partial charge in [-0.3, -0.25) is 0 Å². The summed E-state index contributed by atoms with van der Waals surface area (Å²) >= 11 is 0. The molecule has 0 unspecified atom stereocenters. The first-order valence-electron chi connectivity index (χ1n) is 20.2. The Labute approximate surface area is 345 Å². The van der Waals surface area contributed by atoms with Crippen LogP contribution in [0.2, 0.25) is 0 Å². The molecule has 0 radical (unpaired) electrons. The van der Waals surface area contributed by atoms with Gasteiger partial charge < -0.3 is 14.2 Å². The van der Waals surface area contributed by atoms with Gasteiger partial charge in [-0.25, -0.2) is 0 Å². The summed E-state index contributed by atoms with van der Waals surface area (Å²) in [6.07, 6.45) is 0. The number of hydrogen-bond acceptors (Lipinski definition) is 3. The Morgan fingerprint density at radius 3 is 1.27 bits per heavy atom. The van der Waals surface area contributed by atoms with Crippen molar-refractivity contribution < 1.29 is 4.42 Å². The van der Waals surface area contributed by atoms with E-state index in [-0.39, 0.29) is 0 Å². The number of benzene rings is 9. The lowest BCUT2D eigenvalue weighted by molar-refractivity contribution is 0.670. The van der Waals surface area contributed by atoms with Crippen molar-refractivity contribution in [3.63, 3.8) is 0 Å². The lowest BCUT2D eigenvalue weighted by Crippen LogP contribution is -2.11. The zero-order chi connectivity index (χ0) is 39.7. The molecule has 0 spiro atoms. The summed E-state index contributed by atoms with van der Waals surface area (Å²) in [4.78, 5) is 4.67. The molecule has 0 bridgehead atoms. The quantitative estimate of drug-likeness (QED) is 0.146. The minimum absolute atomic E-state index is 0.894. The van der Waals surface area contributed by atoms with Crippen molar-refractivity contribution in [2.24, 2.45) is 0 Å². The number of furan rings is 1. The molecule has 1 heterocycles. The Kier molecular flexibility index (Phi) is 9.32. The Balaban J connectivity index is 1.10. The molecule has 0 saturated heterocycles. The second-order valence-corrected chi connectivity index (χ2v) is 15.1. The third-order valence-corrected chi connectivity index (χ3v) is 11.3. The van der Waals surface area contributed by atoms with Crippen LogP contribution in [-0.2, 0) is 0 Å². The minimum atomic E-state index is 0.894. The molecule has 0 fully saturated rings. The fourth-order valence-corrected chi connectivity index (χ4v) is 8.33. The summed E-state index contributed by atoms with van der Waals surface area (Å²) in [5, 5.41) is 2.24. The predicted octanol–water partition coefficient (Wildman–Crippen LogP) is 16.1. The topological polar surface area (TPSA) is 19.6 Å². The molecule has 0 amide bonds. The Hall–Kier alpha value is -7.62. The molecule has 9 aromatic carbocycles. The van der Waals surface area contributed by atoms with Gasteiger partial charge in [0.1, 0.15) is 11.2 Å². The maximum absolute atomic E-state index is 6.59. The van der Waals surface area contributed by atoms with Gasteiger partial charge in [-0.2, -0.15) is 0 Å². The van der Waals surface area contributed by atoms with Gasteiger partial charge >= 0.3 is 0 Å². The molecule has 10 rings (SSSR count). The number of aryl methyl sites for hydroxylation is 2. The van der Waals surface area contributed by atoms with E-state index in [4.69, 9.17) is 4.42 Å². The van der Waals surface area contributed by atoms with Crippen molar-refractivity contribution in [1.82, 2.24) is 0 Å². The van der Waals surface area contributed by atoms with Gasteiger partial charge in [0.2, 0.25) is 0 Å². The fourth-order valence-electron chi connectivity index (χ4n) is 8.33. The Morgan fingerprint density at radius 2 is 0.746 bits per heavy atom. The van der Waals surface area contributed by atoms with Crippen LogP contribution >= 0.6 is 0 Å². The number of fused-ring (bicyclic) bond motifs is 3. The molecular formula is C56H42N2O. The van der Waals surface area contributed by atoms with Crippen LogP contribution in [0.25, 0.3) is 55.3 Å². The van der Waals surface area contributed by atoms with E-state index in [0.717, 1.165) is 89.4 Å². The van der Waals surface area contributed by atoms with Crippen molar-refractivity contribution in [2.45, 2.75) is 13.8 Å². The lowest BCUT2D eigenvalue weighted by Gasteiger charge is -2.27. The highest BCUT2D eigenvalue weighted by Crippen LogP contribution is 2.42. The highest BCUT2D eigenvalue weighted by atomic mass is 16.3. The van der Waals surface area contributed by atoms with Crippen LogP contribution in [0.1, 0.15) is 11.1 Å². The van der Waals surface area contributed by atoms with Crippen LogP contribution in [0.4, 0.5) is 34.1 Å². The standard InChI is InChI=1S/C56H42N2O/c1-39-16-9-12-25-53(39)57(46-18-5-3-6-19-46)48-32-28-41(29-33-48)43-36-44(38-45(37-43)50-23-15-24-52-51-22-11-14-27-55(51)59-56(50)52)42-30-34-49(35-31-42)58(47-20-7-4-8-21-47)54-26-13-10-17-40(54)2/h3-38H,1-2H3. The summed E-state index contributed by atoms with van der Waals surface area (Å²) in [5.74, 6) is 0. The van der Waals surface area contributed by atoms with E-state index < -0.39 is 0 Å². The monoisotopic (exact) mass is 758 g/mol. The molecule has 10 aromatic rings. The summed E-state index contributed by atoms with van der Waals surface area (Å²) in [5.41, 5.74) is 17.7. The van der Waals surface area contributed by atoms with E-state index in [1.807, 2.05) is 6.07 Å². The van der Waals surface area contributed by atoms with Gasteiger partial charge in [0.25, 0.3) is 0 Å². The lowest BCUT2D eigenvalue weighted by atomic mass is 9.92. The van der Waals surface area contributed by atoms with Crippen LogP contribution < -0.4 is 9.80 Å². The van der Waals surface area contributed by atoms with Crippen molar-refractivity contribution >= 4 is 56.1 Å². The van der Waals surface area contributed by atoms with Crippen molar-refractivity contribution in [2.75, 3.05) is 9.80 Å². The van der Waals surface area contributed by atoms with E-state index in [1.54, 1.807) is 0 Å². The number of para-hydroxylation sites is 6. The van der Waals surface area contributed by atoms with Crippen LogP contribution in [0.3, 0.4) is 0 Å². The molecule has 0 aliphatic heterocycles. The van der Waals surface area contributed by atoms with Gasteiger partial charge in [-0.15, -0.1) is 0 Å². The van der Waals surface area contributed by atoms with E-state index >= 15 is 0 Å². The van der Waals surface area contributed by atoms with Crippen molar-refractivity contribution in [3.05, 3.63) is 230 Å². The second kappa shape index (κ2) is 15.4. The van der Waals surface area contributed by atoms with Gasteiger partial charge in [-0.1, -0.05) is 133 Å². The summed E-state index contributed by atoms with van der Waals surface area (Å²) < 4.78 is 6.59. The number of anilines is 6. The van der Waals surface area contributed by atoms with Gasteiger partial charge in [0.15, 0.2) is 0 Å². The van der Waals surface area contributed by atoms with Gasteiger partial charge in [-0.05, 0) is 138 Å². The van der Waals surface area contributed by atoms with Gasteiger partial charge in [0.05, 0.1) is 0 Å². The molecule has 282 valence electrons. The van der Waals surface area contributed by atoms with E-state index in [0.29, 0.717) is 0 Å². The van der Waals surface area contributed by atoms with E-state index in [1.165, 1.54) is 11.1 Å². The molecule has 0 saturated carbocycles. The number of hydrogen-bond donors (Lipinski definition) is 0. The van der Waals surface area contributed by atoms with Crippen molar-refractivity contribution in [1.29, 1.82) is 0 Å². The first-order chi connectivity index (χ1) is 29.1. The minimum Gasteiger partial charge on any atom is -0.455 e. The number of rotatable bonds is 9. The zero-order valence-corrected chi connectivity index (χ0v) is 33.1. The summed E-state index contributed by atoms with van der Waals surface area (Å²) in [6, 6.07) is 78.0. The molecule has 3 nitrogen and oxygen atoms in total.